The van der Waals surface area contributed by atoms with E-state index in [0.29, 0.717) is 48.0 Å². The van der Waals surface area contributed by atoms with Crippen molar-refractivity contribution in [1.82, 2.24) is 0 Å². The van der Waals surface area contributed by atoms with E-state index in [-0.39, 0.29) is 5.56 Å². The van der Waals surface area contributed by atoms with E-state index in [2.05, 4.69) is 0 Å². The van der Waals surface area contributed by atoms with Gasteiger partial charge in [0.1, 0.15) is 0 Å². The largest absolute Gasteiger partial charge is 0.421 e. The molecule has 2 aliphatic carbocycles. The molecule has 3 nitrogen and oxygen atoms in total. The number of alkyl halides is 3. The van der Waals surface area contributed by atoms with Crippen molar-refractivity contribution >= 4 is 16.3 Å². The Kier molecular flexibility index (Phi) is 3.19. The normalized spacial score (nSPS) is 27.2. The number of hydrogen-bond acceptors (Lipinski definition) is 3. The fourth-order valence-electron chi connectivity index (χ4n) is 4.69. The second-order valence-electron chi connectivity index (χ2n) is 7.15. The van der Waals surface area contributed by atoms with Crippen LogP contribution in [0.15, 0.2) is 42.0 Å². The highest BCUT2D eigenvalue weighted by atomic mass is 19.4. The smallest absolute Gasteiger partial charge is 0.376 e. The molecule has 1 N–H and O–H groups in total. The van der Waals surface area contributed by atoms with Crippen molar-refractivity contribution in [2.75, 3.05) is 13.2 Å². The van der Waals surface area contributed by atoms with Gasteiger partial charge in [-0.2, -0.15) is 13.2 Å². The summed E-state index contributed by atoms with van der Waals surface area (Å²) in [6, 6.07) is 10.4. The van der Waals surface area contributed by atoms with Crippen molar-refractivity contribution < 1.29 is 27.8 Å². The number of hydrogen-bond donors (Lipinski definition) is 1. The third-order valence-electron chi connectivity index (χ3n) is 5.85. The van der Waals surface area contributed by atoms with E-state index in [1.807, 2.05) is 6.07 Å². The van der Waals surface area contributed by atoms with Crippen LogP contribution in [0.3, 0.4) is 0 Å². The molecule has 2 aromatic rings. The molecule has 0 saturated carbocycles. The van der Waals surface area contributed by atoms with Gasteiger partial charge in [-0.15, -0.1) is 0 Å². The van der Waals surface area contributed by atoms with Crippen molar-refractivity contribution in [3.05, 3.63) is 53.1 Å². The summed E-state index contributed by atoms with van der Waals surface area (Å²) in [4.78, 5) is 0. The third kappa shape index (κ3) is 1.95. The molecule has 1 fully saturated rings. The van der Waals surface area contributed by atoms with E-state index in [1.54, 1.807) is 30.3 Å². The minimum atomic E-state index is -4.81. The quantitative estimate of drug-likeness (QED) is 0.760. The fourth-order valence-corrected chi connectivity index (χ4v) is 4.69. The van der Waals surface area contributed by atoms with Gasteiger partial charge >= 0.3 is 6.18 Å². The van der Waals surface area contributed by atoms with Crippen LogP contribution in [0.5, 0.6) is 0 Å². The van der Waals surface area contributed by atoms with E-state index < -0.39 is 24.0 Å². The molecular formula is C20H17F3O3. The van der Waals surface area contributed by atoms with Gasteiger partial charge in [-0.25, -0.2) is 0 Å². The third-order valence-corrected chi connectivity index (χ3v) is 5.85. The molecule has 5 rings (SSSR count). The monoisotopic (exact) mass is 362 g/mol. The molecule has 0 bridgehead atoms. The second kappa shape index (κ2) is 5.09. The standard InChI is InChI=1S/C20H17F3O3/c21-20(22,23)18(24)11-16-14(7-8-19(16)25-9-10-26-19)15-6-5-12-3-1-2-4-13(12)17(15)18/h1-6,24H,7-11H2. The summed E-state index contributed by atoms with van der Waals surface area (Å²) in [7, 11) is 0. The summed E-state index contributed by atoms with van der Waals surface area (Å²) in [5, 5.41) is 12.1. The van der Waals surface area contributed by atoms with Crippen LogP contribution >= 0.6 is 0 Å². The summed E-state index contributed by atoms with van der Waals surface area (Å²) in [6.07, 6.45) is -4.30. The molecule has 6 heteroatoms. The zero-order valence-electron chi connectivity index (χ0n) is 13.9. The topological polar surface area (TPSA) is 38.7 Å². The van der Waals surface area contributed by atoms with E-state index in [9.17, 15) is 18.3 Å². The van der Waals surface area contributed by atoms with Gasteiger partial charge in [0, 0.05) is 18.4 Å². The molecule has 0 aromatic heterocycles. The Hall–Kier alpha value is -1.89. The summed E-state index contributed by atoms with van der Waals surface area (Å²) < 4.78 is 53.8. The van der Waals surface area contributed by atoms with Gasteiger partial charge < -0.3 is 14.6 Å². The molecular weight excluding hydrogens is 345 g/mol. The molecule has 2 aromatic carbocycles. The maximum Gasteiger partial charge on any atom is 0.421 e. The number of fused-ring (bicyclic) bond motifs is 5. The minimum absolute atomic E-state index is 0.0445. The van der Waals surface area contributed by atoms with Gasteiger partial charge in [-0.1, -0.05) is 36.4 Å². The zero-order valence-corrected chi connectivity index (χ0v) is 13.9. The van der Waals surface area contributed by atoms with Crippen LogP contribution in [0.1, 0.15) is 30.4 Å². The number of aliphatic hydroxyl groups is 1. The van der Waals surface area contributed by atoms with E-state index in [4.69, 9.17) is 9.47 Å². The maximum atomic E-state index is 14.1. The van der Waals surface area contributed by atoms with Crippen LogP contribution in [0.2, 0.25) is 0 Å². The summed E-state index contributed by atoms with van der Waals surface area (Å²) in [5.41, 5.74) is -1.29. The van der Waals surface area contributed by atoms with Crippen LogP contribution < -0.4 is 0 Å². The lowest BCUT2D eigenvalue weighted by molar-refractivity contribution is -0.269. The SMILES string of the molecule is OC1(C(F)(F)F)CC2=C(CCC23OCCO3)c2ccc3ccccc3c21. The second-order valence-corrected chi connectivity index (χ2v) is 7.15. The summed E-state index contributed by atoms with van der Waals surface area (Å²) >= 11 is 0. The summed E-state index contributed by atoms with van der Waals surface area (Å²) in [6.45, 7) is 0.706. The number of halogens is 3. The average molecular weight is 362 g/mol. The molecule has 3 aliphatic rings. The molecule has 1 spiro atoms. The molecule has 1 saturated heterocycles. The lowest BCUT2D eigenvalue weighted by atomic mass is 9.73. The maximum absolute atomic E-state index is 14.1. The number of benzene rings is 2. The Morgan fingerprint density at radius 3 is 2.46 bits per heavy atom. The van der Waals surface area contributed by atoms with E-state index >= 15 is 0 Å². The summed E-state index contributed by atoms with van der Waals surface area (Å²) in [5.74, 6) is -1.11. The van der Waals surface area contributed by atoms with Gasteiger partial charge in [0.25, 0.3) is 0 Å². The number of rotatable bonds is 0. The highest BCUT2D eigenvalue weighted by Crippen LogP contribution is 2.59. The van der Waals surface area contributed by atoms with Crippen molar-refractivity contribution in [1.29, 1.82) is 0 Å². The van der Waals surface area contributed by atoms with Crippen LogP contribution in [0.25, 0.3) is 16.3 Å². The molecule has 1 aliphatic heterocycles. The Labute approximate surface area is 148 Å². The molecule has 0 radical (unpaired) electrons. The zero-order chi connectivity index (χ0) is 18.2. The van der Waals surface area contributed by atoms with Gasteiger partial charge in [-0.3, -0.25) is 0 Å². The first-order chi connectivity index (χ1) is 12.4. The molecule has 1 atom stereocenters. The van der Waals surface area contributed by atoms with Crippen LogP contribution in [-0.2, 0) is 15.1 Å². The highest BCUT2D eigenvalue weighted by molar-refractivity contribution is 5.93. The minimum Gasteiger partial charge on any atom is -0.376 e. The Bertz CT molecular complexity index is 941. The number of allylic oxidation sites excluding steroid dienone is 1. The van der Waals surface area contributed by atoms with Gasteiger partial charge in [-0.05, 0) is 33.9 Å². The molecule has 1 unspecified atom stereocenters. The fraction of sp³-hybridized carbons (Fsp3) is 0.400. The highest BCUT2D eigenvalue weighted by Gasteiger charge is 2.62. The van der Waals surface area contributed by atoms with Crippen molar-refractivity contribution in [2.45, 2.75) is 36.8 Å². The molecule has 1 heterocycles. The Balaban J connectivity index is 1.84. The van der Waals surface area contributed by atoms with Crippen LogP contribution in [0, 0.1) is 0 Å². The predicted octanol–water partition coefficient (Wildman–Crippen LogP) is 4.28. The average Bonchev–Trinajstić information content (AvgIpc) is 3.22. The van der Waals surface area contributed by atoms with Crippen LogP contribution in [0.4, 0.5) is 13.2 Å². The van der Waals surface area contributed by atoms with Gasteiger partial charge in [0.15, 0.2) is 11.4 Å². The molecule has 136 valence electrons. The first kappa shape index (κ1) is 16.3. The lowest BCUT2D eigenvalue weighted by Crippen LogP contribution is -2.47. The molecule has 0 amide bonds. The predicted molar refractivity (Wildman–Crippen MR) is 89.3 cm³/mol. The van der Waals surface area contributed by atoms with E-state index in [1.165, 1.54) is 0 Å². The molecule has 26 heavy (non-hydrogen) atoms. The van der Waals surface area contributed by atoms with Crippen molar-refractivity contribution in [3.63, 3.8) is 0 Å². The van der Waals surface area contributed by atoms with Gasteiger partial charge in [0.05, 0.1) is 13.2 Å². The van der Waals surface area contributed by atoms with E-state index in [0.717, 1.165) is 5.57 Å². The Morgan fingerprint density at radius 2 is 1.73 bits per heavy atom. The first-order valence-corrected chi connectivity index (χ1v) is 8.68. The lowest BCUT2D eigenvalue weighted by Gasteiger charge is -2.40. The number of ether oxygens (including phenoxy) is 2. The van der Waals surface area contributed by atoms with Crippen molar-refractivity contribution in [3.8, 4) is 0 Å². The Morgan fingerprint density at radius 1 is 1.00 bits per heavy atom. The van der Waals surface area contributed by atoms with Crippen LogP contribution in [-0.4, -0.2) is 30.3 Å². The van der Waals surface area contributed by atoms with Gasteiger partial charge in [0.2, 0.25) is 0 Å². The van der Waals surface area contributed by atoms with Crippen molar-refractivity contribution in [2.24, 2.45) is 0 Å². The first-order valence-electron chi connectivity index (χ1n) is 8.68.